The van der Waals surface area contributed by atoms with Crippen LogP contribution in [0, 0.1) is 0 Å². The lowest BCUT2D eigenvalue weighted by Gasteiger charge is -2.01. The molecule has 0 aliphatic heterocycles. The van der Waals surface area contributed by atoms with Gasteiger partial charge in [-0.15, -0.1) is 11.3 Å². The van der Waals surface area contributed by atoms with Crippen LogP contribution in [0.3, 0.4) is 0 Å². The van der Waals surface area contributed by atoms with Crippen molar-refractivity contribution in [1.29, 1.82) is 0 Å². The van der Waals surface area contributed by atoms with Gasteiger partial charge in [-0.1, -0.05) is 6.92 Å². The van der Waals surface area contributed by atoms with Gasteiger partial charge in [-0.05, 0) is 25.1 Å². The standard InChI is InChI=1S/C13H16F3N3S/c1-2-5-17-7-11-3-4-12(20-11)9-19-8-10(6-18-19)13(14,15)16/h3-4,6,8,17H,2,5,7,9H2,1H3. The Labute approximate surface area is 119 Å². The number of halogens is 3. The van der Waals surface area contributed by atoms with Crippen molar-refractivity contribution in [2.45, 2.75) is 32.6 Å². The summed E-state index contributed by atoms with van der Waals surface area (Å²) in [5, 5.41) is 7.04. The molecule has 2 aromatic rings. The lowest BCUT2D eigenvalue weighted by Crippen LogP contribution is -2.12. The molecule has 0 aromatic carbocycles. The van der Waals surface area contributed by atoms with Crippen LogP contribution in [0.25, 0.3) is 0 Å². The van der Waals surface area contributed by atoms with E-state index in [-0.39, 0.29) is 0 Å². The van der Waals surface area contributed by atoms with Crippen LogP contribution < -0.4 is 5.32 Å². The highest BCUT2D eigenvalue weighted by molar-refractivity contribution is 7.11. The lowest BCUT2D eigenvalue weighted by atomic mass is 10.3. The molecule has 20 heavy (non-hydrogen) atoms. The summed E-state index contributed by atoms with van der Waals surface area (Å²) in [6, 6.07) is 3.93. The second kappa shape index (κ2) is 6.41. The monoisotopic (exact) mass is 303 g/mol. The maximum absolute atomic E-state index is 12.5. The predicted molar refractivity (Wildman–Crippen MR) is 72.6 cm³/mol. The summed E-state index contributed by atoms with van der Waals surface area (Å²) in [4.78, 5) is 2.17. The van der Waals surface area contributed by atoms with Crippen molar-refractivity contribution in [3.05, 3.63) is 39.8 Å². The van der Waals surface area contributed by atoms with Gasteiger partial charge in [0.25, 0.3) is 0 Å². The van der Waals surface area contributed by atoms with Gasteiger partial charge < -0.3 is 5.32 Å². The summed E-state index contributed by atoms with van der Waals surface area (Å²) in [6.45, 7) is 4.23. The van der Waals surface area contributed by atoms with Gasteiger partial charge in [0, 0.05) is 22.5 Å². The normalized spacial score (nSPS) is 12.0. The van der Waals surface area contributed by atoms with Crippen molar-refractivity contribution in [3.63, 3.8) is 0 Å². The molecule has 0 spiro atoms. The molecule has 0 radical (unpaired) electrons. The first kappa shape index (κ1) is 15.1. The summed E-state index contributed by atoms with van der Waals surface area (Å²) >= 11 is 1.59. The second-order valence-electron chi connectivity index (χ2n) is 4.47. The van der Waals surface area contributed by atoms with Gasteiger partial charge in [0.2, 0.25) is 0 Å². The topological polar surface area (TPSA) is 29.9 Å². The number of rotatable bonds is 6. The molecule has 2 rings (SSSR count). The minimum Gasteiger partial charge on any atom is -0.312 e. The predicted octanol–water partition coefficient (Wildman–Crippen LogP) is 3.51. The molecule has 0 bridgehead atoms. The Morgan fingerprint density at radius 1 is 1.30 bits per heavy atom. The van der Waals surface area contributed by atoms with E-state index in [9.17, 15) is 13.2 Å². The molecule has 2 aromatic heterocycles. The molecule has 0 saturated carbocycles. The van der Waals surface area contributed by atoms with Crippen LogP contribution in [0.5, 0.6) is 0 Å². The highest BCUT2D eigenvalue weighted by Crippen LogP contribution is 2.28. The van der Waals surface area contributed by atoms with E-state index >= 15 is 0 Å². The number of hydrogen-bond acceptors (Lipinski definition) is 3. The Morgan fingerprint density at radius 2 is 2.05 bits per heavy atom. The number of alkyl halides is 3. The number of nitrogens with zero attached hydrogens (tertiary/aromatic N) is 2. The van der Waals surface area contributed by atoms with Crippen molar-refractivity contribution in [2.24, 2.45) is 0 Å². The molecule has 7 heteroatoms. The van der Waals surface area contributed by atoms with Gasteiger partial charge in [0.1, 0.15) is 0 Å². The van der Waals surface area contributed by atoms with Crippen molar-refractivity contribution in [1.82, 2.24) is 15.1 Å². The van der Waals surface area contributed by atoms with E-state index < -0.39 is 11.7 Å². The van der Waals surface area contributed by atoms with E-state index in [2.05, 4.69) is 17.3 Å². The SMILES string of the molecule is CCCNCc1ccc(Cn2cc(C(F)(F)F)cn2)s1. The molecule has 0 fully saturated rings. The van der Waals surface area contributed by atoms with E-state index in [0.717, 1.165) is 36.8 Å². The first-order valence-corrected chi connectivity index (χ1v) is 7.18. The summed E-state index contributed by atoms with van der Waals surface area (Å²) in [5.41, 5.74) is -0.709. The molecule has 0 aliphatic rings. The third-order valence-corrected chi connectivity index (χ3v) is 3.79. The number of aromatic nitrogens is 2. The maximum Gasteiger partial charge on any atom is 0.419 e. The summed E-state index contributed by atoms with van der Waals surface area (Å²) in [7, 11) is 0. The van der Waals surface area contributed by atoms with Gasteiger partial charge >= 0.3 is 6.18 Å². The zero-order valence-electron chi connectivity index (χ0n) is 11.1. The average Bonchev–Trinajstić information content (AvgIpc) is 2.99. The maximum atomic E-state index is 12.5. The Kier molecular flexibility index (Phi) is 4.82. The van der Waals surface area contributed by atoms with Crippen LogP contribution in [0.15, 0.2) is 24.5 Å². The minimum atomic E-state index is -4.33. The highest BCUT2D eigenvalue weighted by Gasteiger charge is 2.32. The molecule has 110 valence electrons. The van der Waals surface area contributed by atoms with Crippen LogP contribution in [-0.2, 0) is 19.3 Å². The van der Waals surface area contributed by atoms with Crippen molar-refractivity contribution in [2.75, 3.05) is 6.54 Å². The summed E-state index contributed by atoms with van der Waals surface area (Å²) in [6.07, 6.45) is -1.36. The Balaban J connectivity index is 1.95. The Morgan fingerprint density at radius 3 is 2.70 bits per heavy atom. The smallest absolute Gasteiger partial charge is 0.312 e. The van der Waals surface area contributed by atoms with Crippen molar-refractivity contribution < 1.29 is 13.2 Å². The van der Waals surface area contributed by atoms with E-state index in [1.165, 1.54) is 9.56 Å². The zero-order chi connectivity index (χ0) is 14.6. The number of nitrogens with one attached hydrogen (secondary N) is 1. The first-order valence-electron chi connectivity index (χ1n) is 6.37. The molecule has 1 N–H and O–H groups in total. The first-order chi connectivity index (χ1) is 9.49. The molecular formula is C13H16F3N3S. The molecule has 0 amide bonds. The third-order valence-electron chi connectivity index (χ3n) is 2.72. The van der Waals surface area contributed by atoms with Crippen LogP contribution in [-0.4, -0.2) is 16.3 Å². The van der Waals surface area contributed by atoms with Gasteiger partial charge in [0.05, 0.1) is 18.3 Å². The van der Waals surface area contributed by atoms with Crippen LogP contribution in [0.2, 0.25) is 0 Å². The fourth-order valence-electron chi connectivity index (χ4n) is 1.75. The van der Waals surface area contributed by atoms with Crippen LogP contribution >= 0.6 is 11.3 Å². The average molecular weight is 303 g/mol. The molecule has 2 heterocycles. The van der Waals surface area contributed by atoms with Gasteiger partial charge in [-0.25, -0.2) is 0 Å². The van der Waals surface area contributed by atoms with E-state index in [1.54, 1.807) is 11.3 Å². The molecule has 0 saturated heterocycles. The minimum absolute atomic E-state index is 0.370. The van der Waals surface area contributed by atoms with Crippen molar-refractivity contribution >= 4 is 11.3 Å². The molecular weight excluding hydrogens is 287 g/mol. The van der Waals surface area contributed by atoms with E-state index in [1.807, 2.05) is 12.1 Å². The van der Waals surface area contributed by atoms with Gasteiger partial charge in [0.15, 0.2) is 0 Å². The molecule has 3 nitrogen and oxygen atoms in total. The second-order valence-corrected chi connectivity index (χ2v) is 5.72. The Bertz CT molecular complexity index is 545. The van der Waals surface area contributed by atoms with Gasteiger partial charge in [-0.2, -0.15) is 18.3 Å². The fraction of sp³-hybridized carbons (Fsp3) is 0.462. The van der Waals surface area contributed by atoms with Crippen LogP contribution in [0.4, 0.5) is 13.2 Å². The van der Waals surface area contributed by atoms with Gasteiger partial charge in [-0.3, -0.25) is 4.68 Å². The van der Waals surface area contributed by atoms with E-state index in [4.69, 9.17) is 0 Å². The number of hydrogen-bond donors (Lipinski definition) is 1. The largest absolute Gasteiger partial charge is 0.419 e. The lowest BCUT2D eigenvalue weighted by molar-refractivity contribution is -0.137. The molecule has 0 aliphatic carbocycles. The van der Waals surface area contributed by atoms with E-state index in [0.29, 0.717) is 6.54 Å². The van der Waals surface area contributed by atoms with Crippen LogP contribution in [0.1, 0.15) is 28.7 Å². The summed E-state index contributed by atoms with van der Waals surface area (Å²) < 4.78 is 38.7. The zero-order valence-corrected chi connectivity index (χ0v) is 11.9. The third kappa shape index (κ3) is 4.08. The number of thiophene rings is 1. The fourth-order valence-corrected chi connectivity index (χ4v) is 2.73. The highest BCUT2D eigenvalue weighted by atomic mass is 32.1. The molecule has 0 unspecified atom stereocenters. The quantitative estimate of drug-likeness (QED) is 0.828. The Hall–Kier alpha value is -1.34. The van der Waals surface area contributed by atoms with Crippen molar-refractivity contribution in [3.8, 4) is 0 Å². The molecule has 0 atom stereocenters. The summed E-state index contributed by atoms with van der Waals surface area (Å²) in [5.74, 6) is 0.